The van der Waals surface area contributed by atoms with Gasteiger partial charge in [0.2, 0.25) is 0 Å². The van der Waals surface area contributed by atoms with Crippen molar-refractivity contribution in [3.8, 4) is 5.69 Å². The van der Waals surface area contributed by atoms with Crippen molar-refractivity contribution in [2.75, 3.05) is 37.6 Å². The summed E-state index contributed by atoms with van der Waals surface area (Å²) in [4.78, 5) is 20.5. The topological polar surface area (TPSA) is 44.6 Å². The Kier molecular flexibility index (Phi) is 8.46. The van der Waals surface area contributed by atoms with Crippen molar-refractivity contribution in [2.24, 2.45) is 0 Å². The van der Waals surface area contributed by atoms with E-state index < -0.39 is 0 Å². The van der Waals surface area contributed by atoms with Gasteiger partial charge in [-0.2, -0.15) is 5.10 Å². The minimum absolute atomic E-state index is 0.0171. The maximum absolute atomic E-state index is 14.2. The summed E-state index contributed by atoms with van der Waals surface area (Å²) in [6.45, 7) is 13.4. The van der Waals surface area contributed by atoms with E-state index in [-0.39, 0.29) is 17.8 Å². The SMILES string of the molecule is CC[C@H](C)N(Cc1c(C)nn(-c2cccc(F)c2)c1N1CCN(CC)CC1)C(=O)c1ccccc1Br. The van der Waals surface area contributed by atoms with Crippen LogP contribution in [0, 0.1) is 12.7 Å². The predicted octanol–water partition coefficient (Wildman–Crippen LogP) is 5.67. The summed E-state index contributed by atoms with van der Waals surface area (Å²) in [5.74, 6) is 0.632. The van der Waals surface area contributed by atoms with Gasteiger partial charge >= 0.3 is 0 Å². The number of carbonyl (C=O) groups excluding carboxylic acids is 1. The second kappa shape index (κ2) is 11.6. The maximum atomic E-state index is 14.2. The zero-order valence-corrected chi connectivity index (χ0v) is 23.1. The summed E-state index contributed by atoms with van der Waals surface area (Å²) in [5, 5.41) is 4.87. The Hall–Kier alpha value is -2.71. The number of rotatable bonds is 8. The van der Waals surface area contributed by atoms with E-state index in [0.29, 0.717) is 17.8 Å². The second-order valence-electron chi connectivity index (χ2n) is 9.37. The van der Waals surface area contributed by atoms with Gasteiger partial charge in [-0.05, 0) is 73.1 Å². The average molecular weight is 557 g/mol. The molecule has 4 rings (SSSR count). The molecule has 0 radical (unpaired) electrons. The molecule has 1 atom stereocenters. The number of carbonyl (C=O) groups is 1. The minimum atomic E-state index is -0.297. The zero-order chi connectivity index (χ0) is 25.8. The van der Waals surface area contributed by atoms with Crippen LogP contribution in [0.3, 0.4) is 0 Å². The van der Waals surface area contributed by atoms with Crippen LogP contribution in [0.5, 0.6) is 0 Å². The van der Waals surface area contributed by atoms with Crippen LogP contribution in [-0.4, -0.2) is 64.3 Å². The number of amides is 1. The number of halogens is 2. The summed E-state index contributed by atoms with van der Waals surface area (Å²) >= 11 is 3.55. The van der Waals surface area contributed by atoms with Crippen LogP contribution >= 0.6 is 15.9 Å². The maximum Gasteiger partial charge on any atom is 0.255 e. The number of hydrogen-bond acceptors (Lipinski definition) is 4. The number of nitrogens with zero attached hydrogens (tertiary/aromatic N) is 5. The molecule has 0 saturated carbocycles. The Morgan fingerprint density at radius 1 is 1.11 bits per heavy atom. The van der Waals surface area contributed by atoms with Gasteiger partial charge in [0, 0.05) is 42.3 Å². The van der Waals surface area contributed by atoms with Crippen molar-refractivity contribution in [1.82, 2.24) is 19.6 Å². The molecular weight excluding hydrogens is 521 g/mol. The molecule has 0 aliphatic carbocycles. The van der Waals surface area contributed by atoms with E-state index in [0.717, 1.165) is 60.7 Å². The third-order valence-corrected chi connectivity index (χ3v) is 7.84. The molecule has 192 valence electrons. The average Bonchev–Trinajstić information content (AvgIpc) is 3.22. The summed E-state index contributed by atoms with van der Waals surface area (Å²) in [5.41, 5.74) is 3.18. The molecule has 8 heteroatoms. The molecular formula is C28H35BrFN5O. The van der Waals surface area contributed by atoms with Crippen LogP contribution in [-0.2, 0) is 6.54 Å². The summed E-state index contributed by atoms with van der Waals surface area (Å²) in [7, 11) is 0. The zero-order valence-electron chi connectivity index (χ0n) is 21.5. The largest absolute Gasteiger partial charge is 0.354 e. The first-order chi connectivity index (χ1) is 17.3. The number of hydrogen-bond donors (Lipinski definition) is 0. The van der Waals surface area contributed by atoms with Gasteiger partial charge in [0.05, 0.1) is 23.5 Å². The second-order valence-corrected chi connectivity index (χ2v) is 10.2. The van der Waals surface area contributed by atoms with E-state index in [2.05, 4.69) is 46.5 Å². The van der Waals surface area contributed by atoms with Gasteiger partial charge in [-0.25, -0.2) is 9.07 Å². The number of benzene rings is 2. The third-order valence-electron chi connectivity index (χ3n) is 7.15. The molecule has 0 unspecified atom stereocenters. The first kappa shape index (κ1) is 26.4. The highest BCUT2D eigenvalue weighted by Gasteiger charge is 2.30. The van der Waals surface area contributed by atoms with E-state index in [1.54, 1.807) is 6.07 Å². The normalized spacial score (nSPS) is 15.2. The Labute approximate surface area is 221 Å². The lowest BCUT2D eigenvalue weighted by molar-refractivity contribution is 0.0670. The fraction of sp³-hybridized carbons (Fsp3) is 0.429. The van der Waals surface area contributed by atoms with Gasteiger partial charge in [-0.3, -0.25) is 4.79 Å². The highest BCUT2D eigenvalue weighted by atomic mass is 79.9. The van der Waals surface area contributed by atoms with Gasteiger partial charge in [0.15, 0.2) is 0 Å². The van der Waals surface area contributed by atoms with Crippen molar-refractivity contribution in [3.05, 3.63) is 75.6 Å². The molecule has 1 aromatic heterocycles. The van der Waals surface area contributed by atoms with Crippen molar-refractivity contribution < 1.29 is 9.18 Å². The number of likely N-dealkylation sites (N-methyl/N-ethyl adjacent to an activating group) is 1. The van der Waals surface area contributed by atoms with E-state index in [9.17, 15) is 9.18 Å². The van der Waals surface area contributed by atoms with Gasteiger partial charge < -0.3 is 14.7 Å². The number of aromatic nitrogens is 2. The first-order valence-corrected chi connectivity index (χ1v) is 13.5. The number of piperazine rings is 1. The molecule has 3 aromatic rings. The molecule has 2 aromatic carbocycles. The van der Waals surface area contributed by atoms with E-state index in [4.69, 9.17) is 5.10 Å². The number of aryl methyl sites for hydroxylation is 1. The van der Waals surface area contributed by atoms with Crippen LogP contribution in [0.1, 0.15) is 48.8 Å². The first-order valence-electron chi connectivity index (χ1n) is 12.7. The van der Waals surface area contributed by atoms with Gasteiger partial charge in [-0.15, -0.1) is 0 Å². The van der Waals surface area contributed by atoms with Gasteiger partial charge in [-0.1, -0.05) is 32.0 Å². The quantitative estimate of drug-likeness (QED) is 0.359. The molecule has 36 heavy (non-hydrogen) atoms. The van der Waals surface area contributed by atoms with Crippen LogP contribution in [0.4, 0.5) is 10.2 Å². The lowest BCUT2D eigenvalue weighted by Crippen LogP contribution is -2.47. The van der Waals surface area contributed by atoms with Crippen LogP contribution in [0.15, 0.2) is 53.0 Å². The summed E-state index contributed by atoms with van der Waals surface area (Å²) < 4.78 is 16.8. The Balaban J connectivity index is 1.78. The molecule has 0 spiro atoms. The highest BCUT2D eigenvalue weighted by molar-refractivity contribution is 9.10. The standard InChI is InChI=1S/C28H35BrFN5O/c1-5-20(3)34(28(36)24-12-7-8-13-26(24)29)19-25-21(4)31-35(23-11-9-10-22(30)18-23)27(25)33-16-14-32(6-2)15-17-33/h7-13,18,20H,5-6,14-17,19H2,1-4H3/t20-/m0/s1. The minimum Gasteiger partial charge on any atom is -0.354 e. The fourth-order valence-electron chi connectivity index (χ4n) is 4.73. The summed E-state index contributed by atoms with van der Waals surface area (Å²) in [6, 6.07) is 14.1. The molecule has 0 N–H and O–H groups in total. The summed E-state index contributed by atoms with van der Waals surface area (Å²) in [6.07, 6.45) is 0.831. The van der Waals surface area contributed by atoms with Crippen LogP contribution in [0.2, 0.25) is 0 Å². The predicted molar refractivity (Wildman–Crippen MR) is 146 cm³/mol. The van der Waals surface area contributed by atoms with E-state index in [1.165, 1.54) is 12.1 Å². The van der Waals surface area contributed by atoms with Crippen molar-refractivity contribution in [3.63, 3.8) is 0 Å². The van der Waals surface area contributed by atoms with Crippen molar-refractivity contribution >= 4 is 27.7 Å². The third kappa shape index (κ3) is 5.49. The molecule has 0 bridgehead atoms. The lowest BCUT2D eigenvalue weighted by Gasteiger charge is -2.37. The van der Waals surface area contributed by atoms with Crippen LogP contribution in [0.25, 0.3) is 5.69 Å². The monoisotopic (exact) mass is 555 g/mol. The van der Waals surface area contributed by atoms with Gasteiger partial charge in [0.1, 0.15) is 11.6 Å². The Morgan fingerprint density at radius 2 is 1.83 bits per heavy atom. The smallest absolute Gasteiger partial charge is 0.255 e. The van der Waals surface area contributed by atoms with Crippen molar-refractivity contribution in [2.45, 2.75) is 46.7 Å². The molecule has 1 aliphatic heterocycles. The lowest BCUT2D eigenvalue weighted by atomic mass is 10.1. The molecule has 1 aliphatic rings. The molecule has 2 heterocycles. The Morgan fingerprint density at radius 3 is 2.47 bits per heavy atom. The molecule has 1 amide bonds. The highest BCUT2D eigenvalue weighted by Crippen LogP contribution is 2.31. The van der Waals surface area contributed by atoms with Gasteiger partial charge in [0.25, 0.3) is 5.91 Å². The molecule has 1 fully saturated rings. The van der Waals surface area contributed by atoms with E-state index in [1.807, 2.05) is 46.8 Å². The van der Waals surface area contributed by atoms with E-state index >= 15 is 0 Å². The van der Waals surface area contributed by atoms with Crippen molar-refractivity contribution in [1.29, 1.82) is 0 Å². The van der Waals surface area contributed by atoms with Crippen LogP contribution < -0.4 is 4.90 Å². The molecule has 6 nitrogen and oxygen atoms in total. The Bertz CT molecular complexity index is 1200. The fourth-order valence-corrected chi connectivity index (χ4v) is 5.18. The number of anilines is 1. The molecule has 1 saturated heterocycles.